The molecule has 0 amide bonds. The summed E-state index contributed by atoms with van der Waals surface area (Å²) in [6.07, 6.45) is -0.153. The average Bonchev–Trinajstić information content (AvgIpc) is 3.47. The average molecular weight is 540 g/mol. The van der Waals surface area contributed by atoms with E-state index in [1.165, 1.54) is 11.3 Å². The Morgan fingerprint density at radius 2 is 1.75 bits per heavy atom. The van der Waals surface area contributed by atoms with Crippen molar-refractivity contribution in [3.8, 4) is 16.9 Å². The Hall–Kier alpha value is -3.06. The van der Waals surface area contributed by atoms with Crippen molar-refractivity contribution in [2.75, 3.05) is 6.61 Å². The van der Waals surface area contributed by atoms with Crippen LogP contribution in [0.1, 0.15) is 29.1 Å². The van der Waals surface area contributed by atoms with Gasteiger partial charge in [-0.1, -0.05) is 66.5 Å². The van der Waals surface area contributed by atoms with Gasteiger partial charge >= 0.3 is 5.97 Å². The van der Waals surface area contributed by atoms with Crippen LogP contribution >= 0.6 is 34.5 Å². The van der Waals surface area contributed by atoms with Crippen LogP contribution in [0, 0.1) is 11.8 Å². The number of thiophene rings is 1. The van der Waals surface area contributed by atoms with Crippen molar-refractivity contribution < 1.29 is 19.5 Å². The summed E-state index contributed by atoms with van der Waals surface area (Å²) < 4.78 is 7.13. The van der Waals surface area contributed by atoms with Crippen LogP contribution in [-0.4, -0.2) is 29.5 Å². The number of hydrogen-bond donors (Lipinski definition) is 1. The van der Waals surface area contributed by atoms with Gasteiger partial charge in [-0.2, -0.15) is 0 Å². The molecular formula is C28H23Cl2NO4S. The molecule has 4 aromatic rings. The molecule has 0 aliphatic carbocycles. The Balaban J connectivity index is 1.34. The number of ether oxygens (including phenoxy) is 1. The molecule has 1 N–H and O–H groups in total. The zero-order chi connectivity index (χ0) is 25.4. The highest BCUT2D eigenvalue weighted by Gasteiger charge is 2.39. The third-order valence-electron chi connectivity index (χ3n) is 6.24. The van der Waals surface area contributed by atoms with Gasteiger partial charge in [-0.25, -0.2) is 4.79 Å². The Labute approximate surface area is 222 Å². The molecule has 3 aromatic carbocycles. The monoisotopic (exact) mass is 539 g/mol. The topological polar surface area (TPSA) is 68.1 Å². The second-order valence-corrected chi connectivity index (χ2v) is 10.9. The number of fused-ring (bicyclic) bond motifs is 1. The maximum Gasteiger partial charge on any atom is 0.345 e. The van der Waals surface area contributed by atoms with E-state index in [1.54, 1.807) is 24.3 Å². The smallest absolute Gasteiger partial charge is 0.345 e. The molecule has 2 unspecified atom stereocenters. The third kappa shape index (κ3) is 4.81. The quantitative estimate of drug-likeness (QED) is 0.258. The molecule has 0 spiro atoms. The first-order valence-electron chi connectivity index (χ1n) is 11.5. The molecule has 0 saturated heterocycles. The number of nitrogens with zero attached hydrogens (tertiary/aromatic N) is 1. The fraction of sp³-hybridized carbons (Fsp3) is 0.214. The third-order valence-corrected chi connectivity index (χ3v) is 7.97. The van der Waals surface area contributed by atoms with Crippen LogP contribution in [0.4, 0.5) is 0 Å². The van der Waals surface area contributed by atoms with Gasteiger partial charge in [0.15, 0.2) is 0 Å². The number of hydrogen-bond acceptors (Lipinski definition) is 5. The molecule has 5 rings (SSSR count). The summed E-state index contributed by atoms with van der Waals surface area (Å²) in [5, 5.41) is 15.6. The van der Waals surface area contributed by atoms with E-state index in [1.807, 2.05) is 42.5 Å². The highest BCUT2D eigenvalue weighted by Crippen LogP contribution is 2.35. The number of oxime groups is 1. The number of aromatic carboxylic acids is 1. The van der Waals surface area contributed by atoms with Gasteiger partial charge in [0.25, 0.3) is 0 Å². The molecule has 1 aromatic heterocycles. The van der Waals surface area contributed by atoms with E-state index in [2.05, 4.69) is 19.0 Å². The second kappa shape index (κ2) is 10.1. The Bertz CT molecular complexity index is 1440. The molecule has 0 bridgehead atoms. The minimum atomic E-state index is -0.906. The summed E-state index contributed by atoms with van der Waals surface area (Å²) in [5.74, 6) is -0.0946. The van der Waals surface area contributed by atoms with Gasteiger partial charge in [-0.15, -0.1) is 11.3 Å². The molecule has 1 aliphatic rings. The number of halogens is 2. The van der Waals surface area contributed by atoms with Crippen molar-refractivity contribution in [2.24, 2.45) is 17.0 Å². The maximum absolute atomic E-state index is 11.3. The Morgan fingerprint density at radius 3 is 2.42 bits per heavy atom. The van der Waals surface area contributed by atoms with Crippen molar-refractivity contribution in [1.29, 1.82) is 0 Å². The van der Waals surface area contributed by atoms with Gasteiger partial charge in [-0.05, 0) is 64.9 Å². The fourth-order valence-corrected chi connectivity index (χ4v) is 5.88. The minimum Gasteiger partial charge on any atom is -0.493 e. The highest BCUT2D eigenvalue weighted by atomic mass is 35.5. The molecular weight excluding hydrogens is 517 g/mol. The van der Waals surface area contributed by atoms with Crippen molar-refractivity contribution in [1.82, 2.24) is 0 Å². The lowest BCUT2D eigenvalue weighted by Crippen LogP contribution is -2.33. The van der Waals surface area contributed by atoms with E-state index in [-0.39, 0.29) is 17.9 Å². The fourth-order valence-electron chi connectivity index (χ4n) is 4.41. The van der Waals surface area contributed by atoms with Gasteiger partial charge in [0.2, 0.25) is 0 Å². The first-order chi connectivity index (χ1) is 17.3. The zero-order valence-corrected chi connectivity index (χ0v) is 21.9. The van der Waals surface area contributed by atoms with Crippen molar-refractivity contribution >= 4 is 56.3 Å². The lowest BCUT2D eigenvalue weighted by molar-refractivity contribution is 0.0178. The molecule has 2 atom stereocenters. The first-order valence-corrected chi connectivity index (χ1v) is 13.1. The maximum atomic E-state index is 11.3. The molecule has 1 aliphatic heterocycles. The predicted molar refractivity (Wildman–Crippen MR) is 146 cm³/mol. The van der Waals surface area contributed by atoms with Gasteiger partial charge in [0.05, 0.1) is 16.0 Å². The van der Waals surface area contributed by atoms with Crippen LogP contribution in [0.3, 0.4) is 0 Å². The van der Waals surface area contributed by atoms with Gasteiger partial charge in [0, 0.05) is 10.3 Å². The largest absolute Gasteiger partial charge is 0.493 e. The van der Waals surface area contributed by atoms with E-state index in [9.17, 15) is 9.90 Å². The summed E-state index contributed by atoms with van der Waals surface area (Å²) in [7, 11) is 0. The molecule has 184 valence electrons. The van der Waals surface area contributed by atoms with Gasteiger partial charge in [0.1, 0.15) is 29.0 Å². The molecule has 0 saturated carbocycles. The highest BCUT2D eigenvalue weighted by molar-refractivity contribution is 7.20. The summed E-state index contributed by atoms with van der Waals surface area (Å²) in [6.45, 7) is 4.53. The molecule has 5 nitrogen and oxygen atoms in total. The van der Waals surface area contributed by atoms with Crippen LogP contribution in [0.2, 0.25) is 10.0 Å². The van der Waals surface area contributed by atoms with Crippen LogP contribution < -0.4 is 4.74 Å². The standard InChI is InChI=1S/C28H23Cl2NO4S/c1-15(2)27-20(26(31-35-27)25-21(29)4-3-5-22(25)30)14-34-19-9-6-16(7-10-19)17-8-11-23-18(12-17)13-24(36-23)28(32)33/h3-13,15,20,27H,14H2,1-2H3,(H,32,33). The van der Waals surface area contributed by atoms with E-state index < -0.39 is 5.97 Å². The van der Waals surface area contributed by atoms with Crippen molar-refractivity contribution in [3.63, 3.8) is 0 Å². The molecule has 0 radical (unpaired) electrons. The van der Waals surface area contributed by atoms with E-state index in [0.717, 1.165) is 27.0 Å². The molecule has 0 fully saturated rings. The lowest BCUT2D eigenvalue weighted by Gasteiger charge is -2.23. The van der Waals surface area contributed by atoms with E-state index in [4.69, 9.17) is 32.8 Å². The molecule has 8 heteroatoms. The van der Waals surface area contributed by atoms with Gasteiger partial charge in [-0.3, -0.25) is 0 Å². The van der Waals surface area contributed by atoms with Crippen LogP contribution in [0.5, 0.6) is 5.75 Å². The number of benzene rings is 3. The number of carbonyl (C=O) groups is 1. The second-order valence-electron chi connectivity index (χ2n) is 9.00. The summed E-state index contributed by atoms with van der Waals surface area (Å²) in [4.78, 5) is 17.4. The molecule has 2 heterocycles. The van der Waals surface area contributed by atoms with E-state index >= 15 is 0 Å². The molecule has 36 heavy (non-hydrogen) atoms. The summed E-state index contributed by atoms with van der Waals surface area (Å²) in [6, 6.07) is 20.9. The number of carboxylic acid groups (broad SMARTS) is 1. The van der Waals surface area contributed by atoms with Crippen LogP contribution in [-0.2, 0) is 4.84 Å². The predicted octanol–water partition coefficient (Wildman–Crippen LogP) is 8.03. The van der Waals surface area contributed by atoms with Crippen molar-refractivity contribution in [3.05, 3.63) is 87.2 Å². The van der Waals surface area contributed by atoms with Gasteiger partial charge < -0.3 is 14.7 Å². The SMILES string of the molecule is CC(C)C1ON=C(c2c(Cl)cccc2Cl)C1COc1ccc(-c2ccc3sc(C(=O)O)cc3c2)cc1. The van der Waals surface area contributed by atoms with Crippen LogP contribution in [0.25, 0.3) is 21.2 Å². The minimum absolute atomic E-state index is 0.133. The first kappa shape index (κ1) is 24.6. The summed E-state index contributed by atoms with van der Waals surface area (Å²) >= 11 is 14.2. The summed E-state index contributed by atoms with van der Waals surface area (Å²) in [5.41, 5.74) is 3.41. The Morgan fingerprint density at radius 1 is 1.06 bits per heavy atom. The Kier molecular flexibility index (Phi) is 6.93. The lowest BCUT2D eigenvalue weighted by atomic mass is 9.87. The number of carboxylic acids is 1. The number of rotatable bonds is 7. The van der Waals surface area contributed by atoms with Crippen molar-refractivity contribution in [2.45, 2.75) is 20.0 Å². The normalized spacial score (nSPS) is 17.3. The van der Waals surface area contributed by atoms with E-state index in [0.29, 0.717) is 32.8 Å². The zero-order valence-electron chi connectivity index (χ0n) is 19.6. The van der Waals surface area contributed by atoms with Crippen LogP contribution in [0.15, 0.2) is 71.9 Å².